The maximum absolute atomic E-state index is 13.1. The number of alkyl halides is 6. The summed E-state index contributed by atoms with van der Waals surface area (Å²) in [5, 5.41) is 12.8. The average Bonchev–Trinajstić information content (AvgIpc) is 2.53. The Morgan fingerprint density at radius 3 is 2.27 bits per heavy atom. The van der Waals surface area contributed by atoms with Gasteiger partial charge in [0.2, 0.25) is 0 Å². The molecule has 0 amide bonds. The fourth-order valence-electron chi connectivity index (χ4n) is 3.04. The molecule has 3 nitrogen and oxygen atoms in total. The van der Waals surface area contributed by atoms with Crippen LogP contribution in [0, 0.1) is 0 Å². The lowest BCUT2D eigenvalue weighted by molar-refractivity contribution is -0.376. The fourth-order valence-corrected chi connectivity index (χ4v) is 3.04. The van der Waals surface area contributed by atoms with Gasteiger partial charge < -0.3 is 15.3 Å². The molecule has 0 spiro atoms. The van der Waals surface area contributed by atoms with Gasteiger partial charge in [-0.1, -0.05) is 18.2 Å². The van der Waals surface area contributed by atoms with E-state index in [1.165, 1.54) is 18.2 Å². The summed E-state index contributed by atoms with van der Waals surface area (Å²) in [5.74, 6) is 0. The van der Waals surface area contributed by atoms with Gasteiger partial charge in [0.25, 0.3) is 5.60 Å². The van der Waals surface area contributed by atoms with E-state index in [4.69, 9.17) is 0 Å². The van der Waals surface area contributed by atoms with Crippen LogP contribution in [0.2, 0.25) is 0 Å². The van der Waals surface area contributed by atoms with E-state index in [9.17, 15) is 31.4 Å². The fraction of sp³-hybridized carbons (Fsp3) is 0.529. The smallest absolute Gasteiger partial charge is 0.369 e. The van der Waals surface area contributed by atoms with Crippen LogP contribution < -0.4 is 10.2 Å². The molecule has 1 saturated heterocycles. The summed E-state index contributed by atoms with van der Waals surface area (Å²) in [6.07, 6.45) is -8.85. The second-order valence-electron chi connectivity index (χ2n) is 6.23. The van der Waals surface area contributed by atoms with Gasteiger partial charge in [-0.2, -0.15) is 26.3 Å². The Labute approximate surface area is 147 Å². The van der Waals surface area contributed by atoms with Crippen molar-refractivity contribution in [2.45, 2.75) is 37.8 Å². The van der Waals surface area contributed by atoms with Gasteiger partial charge in [0.05, 0.1) is 0 Å². The standard InChI is InChI=1S/C17H20F6N2O/c1-3-4-12-9-13(15(26,16(18,19)20)17(21,22)23)5-6-14(12)25-8-7-24-10-11(25)2/h3-6,9,11,24,26H,7-8,10H2,1-2H3/b4-3-. The number of aliphatic hydroxyl groups is 1. The predicted molar refractivity (Wildman–Crippen MR) is 86.8 cm³/mol. The second-order valence-corrected chi connectivity index (χ2v) is 6.23. The molecule has 1 heterocycles. The van der Waals surface area contributed by atoms with Crippen molar-refractivity contribution in [1.82, 2.24) is 5.32 Å². The van der Waals surface area contributed by atoms with Crippen LogP contribution in [-0.2, 0) is 5.60 Å². The number of piperazine rings is 1. The van der Waals surface area contributed by atoms with Crippen LogP contribution in [-0.4, -0.2) is 43.1 Å². The van der Waals surface area contributed by atoms with Gasteiger partial charge in [0, 0.05) is 36.9 Å². The van der Waals surface area contributed by atoms with Crippen LogP contribution in [0.15, 0.2) is 24.3 Å². The largest absolute Gasteiger partial charge is 0.430 e. The summed E-state index contributed by atoms with van der Waals surface area (Å²) in [6.45, 7) is 5.37. The number of halogens is 6. The van der Waals surface area contributed by atoms with E-state index in [0.717, 1.165) is 6.07 Å². The highest BCUT2D eigenvalue weighted by Crippen LogP contribution is 2.50. The van der Waals surface area contributed by atoms with E-state index in [2.05, 4.69) is 5.32 Å². The van der Waals surface area contributed by atoms with Gasteiger partial charge in [0.15, 0.2) is 0 Å². The summed E-state index contributed by atoms with van der Waals surface area (Å²) in [7, 11) is 0. The second kappa shape index (κ2) is 7.11. The zero-order valence-electron chi connectivity index (χ0n) is 14.2. The third kappa shape index (κ3) is 3.55. The van der Waals surface area contributed by atoms with Crippen molar-refractivity contribution < 1.29 is 31.4 Å². The van der Waals surface area contributed by atoms with Gasteiger partial charge in [-0.25, -0.2) is 0 Å². The molecule has 0 radical (unpaired) electrons. The minimum absolute atomic E-state index is 0.0164. The lowest BCUT2D eigenvalue weighted by atomic mass is 9.90. The lowest BCUT2D eigenvalue weighted by Crippen LogP contribution is -2.54. The number of nitrogens with one attached hydrogen (secondary N) is 1. The maximum atomic E-state index is 13.1. The zero-order chi connectivity index (χ0) is 19.8. The molecule has 1 atom stereocenters. The number of nitrogens with zero attached hydrogens (tertiary/aromatic N) is 1. The van der Waals surface area contributed by atoms with Gasteiger partial charge >= 0.3 is 12.4 Å². The van der Waals surface area contributed by atoms with E-state index in [0.29, 0.717) is 31.4 Å². The predicted octanol–water partition coefficient (Wildman–Crippen LogP) is 3.83. The number of rotatable bonds is 3. The van der Waals surface area contributed by atoms with Crippen LogP contribution in [0.25, 0.3) is 6.08 Å². The summed E-state index contributed by atoms with van der Waals surface area (Å²) in [6, 6.07) is 2.67. The van der Waals surface area contributed by atoms with Crippen LogP contribution in [0.5, 0.6) is 0 Å². The van der Waals surface area contributed by atoms with Crippen molar-refractivity contribution in [1.29, 1.82) is 0 Å². The molecule has 1 aliphatic heterocycles. The molecule has 0 aromatic heterocycles. The lowest BCUT2D eigenvalue weighted by Gasteiger charge is -2.38. The number of benzene rings is 1. The number of allylic oxidation sites excluding steroid dienone is 1. The van der Waals surface area contributed by atoms with Gasteiger partial charge in [0.1, 0.15) is 0 Å². The first kappa shape index (κ1) is 20.6. The molecule has 2 rings (SSSR count). The average molecular weight is 382 g/mol. The normalized spacial score (nSPS) is 20.0. The molecule has 0 aliphatic carbocycles. The van der Waals surface area contributed by atoms with Crippen molar-refractivity contribution in [2.75, 3.05) is 24.5 Å². The monoisotopic (exact) mass is 382 g/mol. The van der Waals surface area contributed by atoms with Crippen molar-refractivity contribution >= 4 is 11.8 Å². The Balaban J connectivity index is 2.60. The molecule has 1 aliphatic rings. The Hall–Kier alpha value is -1.74. The van der Waals surface area contributed by atoms with E-state index in [1.54, 1.807) is 6.92 Å². The molecule has 1 aromatic rings. The molecule has 26 heavy (non-hydrogen) atoms. The molecule has 0 bridgehead atoms. The van der Waals surface area contributed by atoms with E-state index in [-0.39, 0.29) is 11.6 Å². The Morgan fingerprint density at radius 2 is 1.77 bits per heavy atom. The van der Waals surface area contributed by atoms with E-state index in [1.807, 2.05) is 11.8 Å². The topological polar surface area (TPSA) is 35.5 Å². The molecule has 1 fully saturated rings. The van der Waals surface area contributed by atoms with Gasteiger partial charge in [-0.3, -0.25) is 0 Å². The molecule has 1 unspecified atom stereocenters. The maximum Gasteiger partial charge on any atom is 0.430 e. The third-order valence-corrected chi connectivity index (χ3v) is 4.42. The summed E-state index contributed by atoms with van der Waals surface area (Å²) in [4.78, 5) is 1.91. The number of hydrogen-bond donors (Lipinski definition) is 2. The van der Waals surface area contributed by atoms with E-state index < -0.39 is 23.5 Å². The van der Waals surface area contributed by atoms with Crippen LogP contribution in [0.4, 0.5) is 32.0 Å². The molecule has 0 saturated carbocycles. The molecular weight excluding hydrogens is 362 g/mol. The first-order valence-electron chi connectivity index (χ1n) is 8.04. The highest BCUT2D eigenvalue weighted by atomic mass is 19.4. The molecular formula is C17H20F6N2O. The van der Waals surface area contributed by atoms with Crippen molar-refractivity contribution in [3.05, 3.63) is 35.4 Å². The Morgan fingerprint density at radius 1 is 1.15 bits per heavy atom. The first-order chi connectivity index (χ1) is 11.9. The van der Waals surface area contributed by atoms with Crippen LogP contribution in [0.3, 0.4) is 0 Å². The highest BCUT2D eigenvalue weighted by Gasteiger charge is 2.71. The number of anilines is 1. The molecule has 1 aromatic carbocycles. The van der Waals surface area contributed by atoms with Crippen molar-refractivity contribution in [3.63, 3.8) is 0 Å². The van der Waals surface area contributed by atoms with Gasteiger partial charge in [-0.15, -0.1) is 0 Å². The minimum Gasteiger partial charge on any atom is -0.369 e. The summed E-state index contributed by atoms with van der Waals surface area (Å²) < 4.78 is 78.7. The third-order valence-electron chi connectivity index (χ3n) is 4.42. The van der Waals surface area contributed by atoms with E-state index >= 15 is 0 Å². The summed E-state index contributed by atoms with van der Waals surface area (Å²) in [5.41, 5.74) is -5.47. The van der Waals surface area contributed by atoms with Crippen molar-refractivity contribution in [2.24, 2.45) is 0 Å². The van der Waals surface area contributed by atoms with Gasteiger partial charge in [-0.05, 0) is 31.5 Å². The van der Waals surface area contributed by atoms with Crippen LogP contribution in [0.1, 0.15) is 25.0 Å². The van der Waals surface area contributed by atoms with Crippen molar-refractivity contribution in [3.8, 4) is 0 Å². The highest BCUT2D eigenvalue weighted by molar-refractivity contribution is 5.69. The summed E-state index contributed by atoms with van der Waals surface area (Å²) >= 11 is 0. The Bertz CT molecular complexity index is 654. The Kier molecular flexibility index (Phi) is 5.63. The molecule has 9 heteroatoms. The minimum atomic E-state index is -5.90. The SMILES string of the molecule is C/C=C\c1cc(C(O)(C(F)(F)F)C(F)(F)F)ccc1N1CCNCC1C. The molecule has 146 valence electrons. The quantitative estimate of drug-likeness (QED) is 0.780. The zero-order valence-corrected chi connectivity index (χ0v) is 14.2. The number of hydrogen-bond acceptors (Lipinski definition) is 3. The first-order valence-corrected chi connectivity index (χ1v) is 8.04. The van der Waals surface area contributed by atoms with Crippen LogP contribution >= 0.6 is 0 Å². The molecule has 2 N–H and O–H groups in total.